The number of aromatic nitrogens is 4. The fourth-order valence-corrected chi connectivity index (χ4v) is 3.84. The number of anilines is 1. The van der Waals surface area contributed by atoms with E-state index in [1.807, 2.05) is 6.92 Å². The minimum atomic E-state index is -1.05. The van der Waals surface area contributed by atoms with Crippen molar-refractivity contribution in [2.45, 2.75) is 45.0 Å². The highest BCUT2D eigenvalue weighted by Gasteiger charge is 2.29. The van der Waals surface area contributed by atoms with Gasteiger partial charge >= 0.3 is 0 Å². The molecule has 2 N–H and O–H groups in total. The number of hydrogen-bond acceptors (Lipinski definition) is 8. The molecule has 1 amide bonds. The number of ether oxygens (including phenoxy) is 2. The first kappa shape index (κ1) is 26.1. The third-order valence-corrected chi connectivity index (χ3v) is 5.82. The number of benzene rings is 1. The zero-order valence-corrected chi connectivity index (χ0v) is 21.5. The number of rotatable bonds is 13. The highest BCUT2D eigenvalue weighted by atomic mass is 35.5. The molecule has 0 aliphatic rings. The van der Waals surface area contributed by atoms with Crippen LogP contribution in [0.25, 0.3) is 11.0 Å². The van der Waals surface area contributed by atoms with E-state index in [1.54, 1.807) is 60.8 Å². The Morgan fingerprint density at radius 1 is 1.18 bits per heavy atom. The van der Waals surface area contributed by atoms with Crippen molar-refractivity contribution in [3.8, 4) is 5.75 Å². The van der Waals surface area contributed by atoms with Crippen LogP contribution in [0.1, 0.15) is 27.7 Å². The van der Waals surface area contributed by atoms with Crippen LogP contribution in [0.15, 0.2) is 35.6 Å². The van der Waals surface area contributed by atoms with Gasteiger partial charge in [-0.15, -0.1) is 0 Å². The molecule has 2 aromatic heterocycles. The number of nitrogens with one attached hydrogen (secondary N) is 2. The van der Waals surface area contributed by atoms with Gasteiger partial charge < -0.3 is 20.1 Å². The number of amides is 1. The quantitative estimate of drug-likeness (QED) is 0.203. The van der Waals surface area contributed by atoms with Crippen LogP contribution >= 0.6 is 23.4 Å². The van der Waals surface area contributed by atoms with Crippen molar-refractivity contribution in [2.75, 3.05) is 37.4 Å². The minimum absolute atomic E-state index is 0.228. The molecule has 0 aliphatic heterocycles. The Morgan fingerprint density at radius 2 is 1.94 bits per heavy atom. The normalized spacial score (nSPS) is 11.6. The van der Waals surface area contributed by atoms with Crippen LogP contribution in [0.3, 0.4) is 0 Å². The van der Waals surface area contributed by atoms with Crippen molar-refractivity contribution in [2.24, 2.45) is 0 Å². The molecule has 184 valence electrons. The van der Waals surface area contributed by atoms with Crippen LogP contribution in [0.2, 0.25) is 5.02 Å². The summed E-state index contributed by atoms with van der Waals surface area (Å²) in [6.07, 6.45) is 1.74. The van der Waals surface area contributed by atoms with Gasteiger partial charge in [0.1, 0.15) is 11.6 Å². The summed E-state index contributed by atoms with van der Waals surface area (Å²) in [4.78, 5) is 22.0. The molecule has 11 heteroatoms. The summed E-state index contributed by atoms with van der Waals surface area (Å²) >= 11 is 7.48. The third-order valence-electron chi connectivity index (χ3n) is 4.83. The van der Waals surface area contributed by atoms with Crippen molar-refractivity contribution in [1.82, 2.24) is 25.1 Å². The van der Waals surface area contributed by atoms with Crippen LogP contribution in [0.4, 0.5) is 5.82 Å². The van der Waals surface area contributed by atoms with E-state index in [-0.39, 0.29) is 5.91 Å². The largest absolute Gasteiger partial charge is 0.478 e. The summed E-state index contributed by atoms with van der Waals surface area (Å²) in [6, 6.07) is 6.92. The number of fused-ring (bicyclic) bond motifs is 1. The van der Waals surface area contributed by atoms with Gasteiger partial charge in [0.15, 0.2) is 16.4 Å². The molecule has 0 saturated heterocycles. The molecule has 0 spiro atoms. The molecule has 0 radical (unpaired) electrons. The lowest BCUT2D eigenvalue weighted by molar-refractivity contribution is -0.134. The van der Waals surface area contributed by atoms with Crippen LogP contribution in [0.5, 0.6) is 5.75 Å². The van der Waals surface area contributed by atoms with Gasteiger partial charge in [-0.2, -0.15) is 5.10 Å². The summed E-state index contributed by atoms with van der Waals surface area (Å²) in [5.74, 6) is 1.93. The molecule has 3 rings (SSSR count). The highest BCUT2D eigenvalue weighted by Crippen LogP contribution is 2.24. The molecule has 3 aromatic rings. The Balaban J connectivity index is 1.65. The first-order valence-corrected chi connectivity index (χ1v) is 12.6. The van der Waals surface area contributed by atoms with Crippen molar-refractivity contribution in [3.63, 3.8) is 0 Å². The lowest BCUT2D eigenvalue weighted by atomic mass is 10.1. The van der Waals surface area contributed by atoms with E-state index in [2.05, 4.69) is 32.6 Å². The van der Waals surface area contributed by atoms with Crippen LogP contribution in [-0.2, 0) is 16.1 Å². The Hall–Kier alpha value is -2.56. The van der Waals surface area contributed by atoms with Crippen LogP contribution in [-0.4, -0.2) is 63.3 Å². The topological polar surface area (TPSA) is 103 Å². The van der Waals surface area contributed by atoms with E-state index in [0.717, 1.165) is 22.6 Å². The number of hydrogen-bond donors (Lipinski definition) is 2. The number of thioether (sulfide) groups is 1. The molecule has 34 heavy (non-hydrogen) atoms. The molecule has 0 aliphatic carbocycles. The van der Waals surface area contributed by atoms with Gasteiger partial charge in [0.25, 0.3) is 5.91 Å². The third kappa shape index (κ3) is 6.97. The van der Waals surface area contributed by atoms with Gasteiger partial charge in [0.2, 0.25) is 0 Å². The van der Waals surface area contributed by atoms with Crippen LogP contribution in [0, 0.1) is 0 Å². The molecule has 0 unspecified atom stereocenters. The lowest BCUT2D eigenvalue weighted by Crippen LogP contribution is -2.47. The van der Waals surface area contributed by atoms with Crippen molar-refractivity contribution in [1.29, 1.82) is 0 Å². The van der Waals surface area contributed by atoms with E-state index in [4.69, 9.17) is 21.1 Å². The second-order valence-electron chi connectivity index (χ2n) is 7.84. The first-order chi connectivity index (χ1) is 16.3. The summed E-state index contributed by atoms with van der Waals surface area (Å²) in [7, 11) is 0. The molecule has 1 aromatic carbocycles. The number of halogens is 1. The molecule has 9 nitrogen and oxygen atoms in total. The Morgan fingerprint density at radius 3 is 2.65 bits per heavy atom. The average molecular weight is 507 g/mol. The Kier molecular flexibility index (Phi) is 9.37. The maximum atomic E-state index is 12.8. The molecule has 2 heterocycles. The van der Waals surface area contributed by atoms with Gasteiger partial charge in [0.05, 0.1) is 24.7 Å². The fraction of sp³-hybridized carbons (Fsp3) is 0.478. The minimum Gasteiger partial charge on any atom is -0.478 e. The molecule has 0 saturated carbocycles. The van der Waals surface area contributed by atoms with Crippen molar-refractivity contribution < 1.29 is 14.3 Å². The SMILES string of the molecule is CCOCCNc1nc(SCC)nc2c1cnn2CCNC(=O)C(C)(C)Oc1ccc(Cl)cc1. The fourth-order valence-electron chi connectivity index (χ4n) is 3.15. The highest BCUT2D eigenvalue weighted by molar-refractivity contribution is 7.99. The smallest absolute Gasteiger partial charge is 0.263 e. The van der Waals surface area contributed by atoms with E-state index in [0.29, 0.717) is 48.8 Å². The zero-order valence-electron chi connectivity index (χ0n) is 19.9. The summed E-state index contributed by atoms with van der Waals surface area (Å²) < 4.78 is 13.0. The maximum absolute atomic E-state index is 12.8. The summed E-state index contributed by atoms with van der Waals surface area (Å²) in [5.41, 5.74) is -0.333. The Labute approximate surface area is 209 Å². The molecule has 0 fully saturated rings. The molecule has 0 bridgehead atoms. The summed E-state index contributed by atoms with van der Waals surface area (Å²) in [5, 5.41) is 12.8. The summed E-state index contributed by atoms with van der Waals surface area (Å²) in [6.45, 7) is 10.2. The monoisotopic (exact) mass is 506 g/mol. The van der Waals surface area contributed by atoms with Crippen molar-refractivity contribution in [3.05, 3.63) is 35.5 Å². The predicted molar refractivity (Wildman–Crippen MR) is 136 cm³/mol. The van der Waals surface area contributed by atoms with Gasteiger partial charge in [-0.1, -0.05) is 30.3 Å². The number of carbonyl (C=O) groups is 1. The standard InChI is InChI=1S/C23H31ClN6O3S/c1-5-32-14-12-25-19-18-15-27-30(20(18)29-22(28-19)34-6-2)13-11-26-21(31)23(3,4)33-17-9-7-16(24)8-10-17/h7-10,15H,5-6,11-14H2,1-4H3,(H,26,31)(H,25,28,29). The van der Waals surface area contributed by atoms with Gasteiger partial charge in [-0.3, -0.25) is 4.79 Å². The van der Waals surface area contributed by atoms with E-state index in [9.17, 15) is 4.79 Å². The molecular weight excluding hydrogens is 476 g/mol. The Bertz CT molecular complexity index is 1090. The lowest BCUT2D eigenvalue weighted by Gasteiger charge is -2.25. The predicted octanol–water partition coefficient (Wildman–Crippen LogP) is 4.01. The zero-order chi connectivity index (χ0) is 24.6. The first-order valence-electron chi connectivity index (χ1n) is 11.2. The molecular formula is C23H31ClN6O3S. The van der Waals surface area contributed by atoms with Gasteiger partial charge in [-0.05, 0) is 50.8 Å². The average Bonchev–Trinajstić information content (AvgIpc) is 3.21. The van der Waals surface area contributed by atoms with E-state index in [1.165, 1.54) is 0 Å². The van der Waals surface area contributed by atoms with E-state index < -0.39 is 5.60 Å². The van der Waals surface area contributed by atoms with Crippen LogP contribution < -0.4 is 15.4 Å². The maximum Gasteiger partial charge on any atom is 0.263 e. The van der Waals surface area contributed by atoms with E-state index >= 15 is 0 Å². The second-order valence-corrected chi connectivity index (χ2v) is 9.51. The molecule has 0 atom stereocenters. The number of nitrogens with zero attached hydrogens (tertiary/aromatic N) is 4. The second kappa shape index (κ2) is 12.2. The van der Waals surface area contributed by atoms with Gasteiger partial charge in [-0.25, -0.2) is 14.6 Å². The van der Waals surface area contributed by atoms with Crippen molar-refractivity contribution >= 4 is 46.1 Å². The van der Waals surface area contributed by atoms with Gasteiger partial charge in [0, 0.05) is 24.7 Å². The number of carbonyl (C=O) groups excluding carboxylic acids is 1.